The Morgan fingerprint density at radius 2 is 1.73 bits per heavy atom. The van der Waals surface area contributed by atoms with Crippen molar-refractivity contribution in [2.45, 2.75) is 25.7 Å². The number of rotatable bonds is 4. The minimum Gasteiger partial charge on any atom is -0.507 e. The highest BCUT2D eigenvalue weighted by atomic mass is 32.2. The van der Waals surface area contributed by atoms with Crippen LogP contribution in [-0.4, -0.2) is 24.4 Å². The highest BCUT2D eigenvalue weighted by Gasteiger charge is 2.20. The number of benzene rings is 2. The maximum absolute atomic E-state index is 12.6. The van der Waals surface area contributed by atoms with Gasteiger partial charge in [0.15, 0.2) is 5.13 Å². The molecule has 4 N–H and O–H groups in total. The molecular formula is C17H17N3O4S2. The van der Waals surface area contributed by atoms with Crippen molar-refractivity contribution in [2.24, 2.45) is 5.73 Å². The van der Waals surface area contributed by atoms with Gasteiger partial charge in [-0.3, -0.25) is 9.52 Å². The van der Waals surface area contributed by atoms with Crippen LogP contribution in [0, 0.1) is 20.8 Å². The summed E-state index contributed by atoms with van der Waals surface area (Å²) >= 11 is 1.16. The second-order valence-corrected chi connectivity index (χ2v) is 8.60. The predicted octanol–water partition coefficient (Wildman–Crippen LogP) is 2.83. The molecule has 9 heteroatoms. The summed E-state index contributed by atoms with van der Waals surface area (Å²) in [6.07, 6.45) is 0. The molecule has 0 saturated carbocycles. The lowest BCUT2D eigenvalue weighted by molar-refractivity contribution is 0.1000. The second kappa shape index (κ2) is 6.26. The number of nitrogens with two attached hydrogens (primary N) is 1. The Bertz CT molecular complexity index is 1090. The van der Waals surface area contributed by atoms with Crippen LogP contribution in [0.5, 0.6) is 5.75 Å². The number of sulfonamides is 1. The summed E-state index contributed by atoms with van der Waals surface area (Å²) < 4.78 is 28.3. The molecule has 1 aromatic heterocycles. The predicted molar refractivity (Wildman–Crippen MR) is 101 cm³/mol. The monoisotopic (exact) mass is 391 g/mol. The Balaban J connectivity index is 2.01. The van der Waals surface area contributed by atoms with Crippen LogP contribution in [0.3, 0.4) is 0 Å². The van der Waals surface area contributed by atoms with Gasteiger partial charge in [-0.15, -0.1) is 0 Å². The molecule has 0 unspecified atom stereocenters. The highest BCUT2D eigenvalue weighted by Crippen LogP contribution is 2.38. The lowest BCUT2D eigenvalue weighted by Crippen LogP contribution is -2.14. The van der Waals surface area contributed by atoms with E-state index in [0.717, 1.165) is 27.2 Å². The largest absolute Gasteiger partial charge is 0.507 e. The molecule has 136 valence electrons. The zero-order valence-corrected chi connectivity index (χ0v) is 16.0. The van der Waals surface area contributed by atoms with E-state index in [1.807, 2.05) is 6.92 Å². The van der Waals surface area contributed by atoms with Crippen molar-refractivity contribution in [3.05, 3.63) is 46.5 Å². The van der Waals surface area contributed by atoms with E-state index in [2.05, 4.69) is 9.71 Å². The van der Waals surface area contributed by atoms with Gasteiger partial charge in [-0.05, 0) is 56.2 Å². The van der Waals surface area contributed by atoms with E-state index < -0.39 is 15.9 Å². The average molecular weight is 391 g/mol. The maximum atomic E-state index is 12.6. The number of carbonyl (C=O) groups excluding carboxylic acids is 1. The molecule has 26 heavy (non-hydrogen) atoms. The van der Waals surface area contributed by atoms with E-state index in [9.17, 15) is 18.3 Å². The van der Waals surface area contributed by atoms with E-state index in [1.165, 1.54) is 24.3 Å². The van der Waals surface area contributed by atoms with Gasteiger partial charge in [-0.2, -0.15) is 0 Å². The van der Waals surface area contributed by atoms with E-state index in [4.69, 9.17) is 5.73 Å². The molecule has 2 aromatic carbocycles. The van der Waals surface area contributed by atoms with E-state index in [0.29, 0.717) is 11.1 Å². The number of aromatic nitrogens is 1. The number of aromatic hydroxyl groups is 1. The van der Waals surface area contributed by atoms with Crippen molar-refractivity contribution in [1.29, 1.82) is 0 Å². The first-order valence-electron chi connectivity index (χ1n) is 7.63. The molecule has 0 aliphatic rings. The number of thiazole rings is 1. The molecule has 0 spiro atoms. The number of fused-ring (bicyclic) bond motifs is 1. The van der Waals surface area contributed by atoms with Gasteiger partial charge in [0.05, 0.1) is 15.1 Å². The topological polar surface area (TPSA) is 122 Å². The SMILES string of the molecule is Cc1c(O)c(C)c2sc(NS(=O)(=O)c3ccc(C(N)=O)cc3)nc2c1C. The van der Waals surface area contributed by atoms with Gasteiger partial charge in [0.25, 0.3) is 10.0 Å². The van der Waals surface area contributed by atoms with Crippen molar-refractivity contribution >= 4 is 42.6 Å². The zero-order chi connectivity index (χ0) is 19.2. The molecule has 0 aliphatic carbocycles. The molecular weight excluding hydrogens is 374 g/mol. The first-order chi connectivity index (χ1) is 12.1. The molecule has 7 nitrogen and oxygen atoms in total. The Morgan fingerprint density at radius 1 is 1.12 bits per heavy atom. The number of phenols is 1. The van der Waals surface area contributed by atoms with Crippen LogP contribution in [0.15, 0.2) is 29.2 Å². The molecule has 3 aromatic rings. The number of nitrogens with one attached hydrogen (secondary N) is 1. The van der Waals surface area contributed by atoms with E-state index >= 15 is 0 Å². The lowest BCUT2D eigenvalue weighted by Gasteiger charge is -2.07. The van der Waals surface area contributed by atoms with Crippen molar-refractivity contribution in [3.8, 4) is 5.75 Å². The van der Waals surface area contributed by atoms with Crippen molar-refractivity contribution in [2.75, 3.05) is 4.72 Å². The molecule has 0 saturated heterocycles. The van der Waals surface area contributed by atoms with Crippen LogP contribution in [0.2, 0.25) is 0 Å². The normalized spacial score (nSPS) is 11.7. The van der Waals surface area contributed by atoms with E-state index in [-0.39, 0.29) is 21.3 Å². The van der Waals surface area contributed by atoms with Crippen molar-refractivity contribution < 1.29 is 18.3 Å². The molecule has 3 rings (SSSR count). The number of carbonyl (C=O) groups is 1. The smallest absolute Gasteiger partial charge is 0.263 e. The number of hydrogen-bond acceptors (Lipinski definition) is 6. The summed E-state index contributed by atoms with van der Waals surface area (Å²) in [6.45, 7) is 5.39. The summed E-state index contributed by atoms with van der Waals surface area (Å²) in [6, 6.07) is 5.32. The van der Waals surface area contributed by atoms with Gasteiger partial charge in [-0.1, -0.05) is 11.3 Å². The van der Waals surface area contributed by atoms with Crippen LogP contribution in [0.25, 0.3) is 10.2 Å². The molecule has 0 atom stereocenters. The first kappa shape index (κ1) is 18.2. The van der Waals surface area contributed by atoms with Gasteiger partial charge in [0, 0.05) is 11.1 Å². The third kappa shape index (κ3) is 2.99. The van der Waals surface area contributed by atoms with Gasteiger partial charge < -0.3 is 10.8 Å². The van der Waals surface area contributed by atoms with Crippen molar-refractivity contribution in [1.82, 2.24) is 4.98 Å². The van der Waals surface area contributed by atoms with E-state index in [1.54, 1.807) is 13.8 Å². The quantitative estimate of drug-likeness (QED) is 0.631. The number of amides is 1. The standard InChI is InChI=1S/C17H17N3O4S2/c1-8-9(2)14(21)10(3)15-13(8)19-17(25-15)20-26(23,24)12-6-4-11(5-7-12)16(18)22/h4-7,21H,1-3H3,(H2,18,22)(H,19,20). The highest BCUT2D eigenvalue weighted by molar-refractivity contribution is 7.93. The molecule has 0 radical (unpaired) electrons. The van der Waals surface area contributed by atoms with Gasteiger partial charge in [0.1, 0.15) is 5.75 Å². The van der Waals surface area contributed by atoms with Crippen LogP contribution in [0.1, 0.15) is 27.0 Å². The second-order valence-electron chi connectivity index (χ2n) is 5.91. The third-order valence-electron chi connectivity index (χ3n) is 4.27. The molecule has 1 heterocycles. The Kier molecular flexibility index (Phi) is 4.37. The first-order valence-corrected chi connectivity index (χ1v) is 9.93. The molecule has 1 amide bonds. The molecule has 0 fully saturated rings. The number of primary amides is 1. The van der Waals surface area contributed by atoms with Crippen LogP contribution in [0.4, 0.5) is 5.13 Å². The number of nitrogens with zero attached hydrogens (tertiary/aromatic N) is 1. The summed E-state index contributed by atoms with van der Waals surface area (Å²) in [4.78, 5) is 15.5. The fourth-order valence-electron chi connectivity index (χ4n) is 2.59. The Hall–Kier alpha value is -2.65. The third-order valence-corrected chi connectivity index (χ3v) is 6.84. The van der Waals surface area contributed by atoms with Gasteiger partial charge in [-0.25, -0.2) is 13.4 Å². The minimum absolute atomic E-state index is 0.00534. The summed E-state index contributed by atoms with van der Waals surface area (Å²) in [5, 5.41) is 10.4. The zero-order valence-electron chi connectivity index (χ0n) is 14.3. The minimum atomic E-state index is -3.87. The Labute approximate surface area is 154 Å². The molecule has 0 bridgehead atoms. The number of phenolic OH excluding ortho intramolecular Hbond substituents is 1. The number of hydrogen-bond donors (Lipinski definition) is 3. The molecule has 0 aliphatic heterocycles. The summed E-state index contributed by atoms with van der Waals surface area (Å²) in [7, 11) is -3.87. The van der Waals surface area contributed by atoms with Crippen LogP contribution < -0.4 is 10.5 Å². The Morgan fingerprint density at radius 3 is 2.31 bits per heavy atom. The van der Waals surface area contributed by atoms with Gasteiger partial charge in [0.2, 0.25) is 5.91 Å². The summed E-state index contributed by atoms with van der Waals surface area (Å²) in [5.74, 6) is -0.440. The fourth-order valence-corrected chi connectivity index (χ4v) is 4.85. The van der Waals surface area contributed by atoms with Crippen molar-refractivity contribution in [3.63, 3.8) is 0 Å². The number of anilines is 1. The lowest BCUT2D eigenvalue weighted by atomic mass is 10.0. The average Bonchev–Trinajstić information content (AvgIpc) is 3.01. The number of aryl methyl sites for hydroxylation is 2. The van der Waals surface area contributed by atoms with Crippen LogP contribution in [-0.2, 0) is 10.0 Å². The summed E-state index contributed by atoms with van der Waals surface area (Å²) in [5.41, 5.74) is 8.22. The maximum Gasteiger partial charge on any atom is 0.263 e. The fraction of sp³-hybridized carbons (Fsp3) is 0.176. The van der Waals surface area contributed by atoms with Crippen LogP contribution >= 0.6 is 11.3 Å². The van der Waals surface area contributed by atoms with Gasteiger partial charge >= 0.3 is 0 Å².